The van der Waals surface area contributed by atoms with Gasteiger partial charge in [-0.05, 0) is 12.8 Å². The van der Waals surface area contributed by atoms with Gasteiger partial charge in [0.2, 0.25) is 0 Å². The van der Waals surface area contributed by atoms with Crippen LogP contribution in [-0.2, 0) is 9.47 Å². The first-order chi connectivity index (χ1) is 6.66. The highest BCUT2D eigenvalue weighted by molar-refractivity contribution is 5.05. The summed E-state index contributed by atoms with van der Waals surface area (Å²) in [6.45, 7) is 2.58. The molecule has 4 nitrogen and oxygen atoms in total. The summed E-state index contributed by atoms with van der Waals surface area (Å²) in [5, 5.41) is 10.5. The molecule has 4 heteroatoms. The highest BCUT2D eigenvalue weighted by Gasteiger charge is 2.48. The van der Waals surface area contributed by atoms with E-state index in [-0.39, 0.29) is 0 Å². The van der Waals surface area contributed by atoms with Crippen LogP contribution in [0.1, 0.15) is 25.7 Å². The highest BCUT2D eigenvalue weighted by atomic mass is 16.5. The fraction of sp³-hybridized carbons (Fsp3) is 1.00. The third kappa shape index (κ3) is 1.67. The van der Waals surface area contributed by atoms with Gasteiger partial charge in [-0.25, -0.2) is 0 Å². The van der Waals surface area contributed by atoms with Crippen LogP contribution in [0.3, 0.4) is 0 Å². The predicted octanol–water partition coefficient (Wildman–Crippen LogP) is 0.0358. The second-order valence-electron chi connectivity index (χ2n) is 4.41. The minimum Gasteiger partial charge on any atom is -0.388 e. The summed E-state index contributed by atoms with van der Waals surface area (Å²) in [6, 6.07) is 0. The van der Waals surface area contributed by atoms with Gasteiger partial charge in [-0.1, -0.05) is 0 Å². The normalized spacial score (nSPS) is 31.3. The third-order valence-electron chi connectivity index (χ3n) is 3.63. The molecule has 0 unspecified atom stereocenters. The van der Waals surface area contributed by atoms with Gasteiger partial charge in [0, 0.05) is 44.8 Å². The molecule has 0 aliphatic carbocycles. The molecule has 0 spiro atoms. The average Bonchev–Trinajstić information content (AvgIpc) is 2.20. The first-order valence-corrected chi connectivity index (χ1v) is 5.33. The topological polar surface area (TPSA) is 64.7 Å². The summed E-state index contributed by atoms with van der Waals surface area (Å²) in [4.78, 5) is 0. The van der Waals surface area contributed by atoms with Gasteiger partial charge < -0.3 is 20.3 Å². The van der Waals surface area contributed by atoms with E-state index in [2.05, 4.69) is 0 Å². The molecule has 0 amide bonds. The summed E-state index contributed by atoms with van der Waals surface area (Å²) in [5.41, 5.74) is 5.08. The lowest BCUT2D eigenvalue weighted by Crippen LogP contribution is -2.64. The van der Waals surface area contributed by atoms with Crippen LogP contribution in [-0.4, -0.2) is 42.7 Å². The molecule has 2 heterocycles. The quantitative estimate of drug-likeness (QED) is 0.628. The molecule has 0 aromatic carbocycles. The van der Waals surface area contributed by atoms with Crippen molar-refractivity contribution in [2.45, 2.75) is 36.8 Å². The largest absolute Gasteiger partial charge is 0.388 e. The Balaban J connectivity index is 2.09. The van der Waals surface area contributed by atoms with Gasteiger partial charge in [-0.2, -0.15) is 0 Å². The van der Waals surface area contributed by atoms with E-state index < -0.39 is 11.1 Å². The molecule has 82 valence electrons. The van der Waals surface area contributed by atoms with E-state index in [0.717, 1.165) is 12.8 Å². The minimum atomic E-state index is -0.741. The SMILES string of the molecule is NC1(C2(O)CCOCC2)CCOCC1. The summed E-state index contributed by atoms with van der Waals surface area (Å²) in [5.74, 6) is 0. The Hall–Kier alpha value is -0.160. The third-order valence-corrected chi connectivity index (χ3v) is 3.63. The van der Waals surface area contributed by atoms with Crippen molar-refractivity contribution >= 4 is 0 Å². The lowest BCUT2D eigenvalue weighted by molar-refractivity contribution is -0.134. The molecule has 2 saturated heterocycles. The number of aliphatic hydroxyl groups is 1. The van der Waals surface area contributed by atoms with E-state index >= 15 is 0 Å². The van der Waals surface area contributed by atoms with Crippen molar-refractivity contribution in [2.24, 2.45) is 5.73 Å². The zero-order valence-electron chi connectivity index (χ0n) is 8.50. The van der Waals surface area contributed by atoms with Gasteiger partial charge in [0.25, 0.3) is 0 Å². The van der Waals surface area contributed by atoms with Crippen LogP contribution in [0.5, 0.6) is 0 Å². The van der Waals surface area contributed by atoms with Crippen molar-refractivity contribution in [2.75, 3.05) is 26.4 Å². The Morgan fingerprint density at radius 1 is 0.857 bits per heavy atom. The Morgan fingerprint density at radius 3 is 1.79 bits per heavy atom. The second-order valence-corrected chi connectivity index (χ2v) is 4.41. The zero-order chi connectivity index (χ0) is 10.1. The zero-order valence-corrected chi connectivity index (χ0v) is 8.50. The Labute approximate surface area is 84.4 Å². The van der Waals surface area contributed by atoms with Crippen molar-refractivity contribution in [3.05, 3.63) is 0 Å². The number of hydrogen-bond donors (Lipinski definition) is 2. The summed E-state index contributed by atoms with van der Waals surface area (Å²) >= 11 is 0. The van der Waals surface area contributed by atoms with Gasteiger partial charge in [0.1, 0.15) is 0 Å². The smallest absolute Gasteiger partial charge is 0.0871 e. The average molecular weight is 201 g/mol. The summed E-state index contributed by atoms with van der Waals surface area (Å²) in [7, 11) is 0. The van der Waals surface area contributed by atoms with Gasteiger partial charge >= 0.3 is 0 Å². The molecule has 0 radical (unpaired) electrons. The molecule has 0 atom stereocenters. The van der Waals surface area contributed by atoms with Crippen LogP contribution in [0.25, 0.3) is 0 Å². The van der Waals surface area contributed by atoms with Crippen LogP contribution in [0.2, 0.25) is 0 Å². The first-order valence-electron chi connectivity index (χ1n) is 5.33. The molecular formula is C10H19NO3. The molecule has 2 fully saturated rings. The van der Waals surface area contributed by atoms with Gasteiger partial charge in [0.05, 0.1) is 5.60 Å². The second kappa shape index (κ2) is 3.77. The maximum atomic E-state index is 10.5. The fourth-order valence-electron chi connectivity index (χ4n) is 2.41. The Bertz CT molecular complexity index is 174. The van der Waals surface area contributed by atoms with E-state index in [1.165, 1.54) is 0 Å². The lowest BCUT2D eigenvalue weighted by atomic mass is 9.71. The molecule has 0 bridgehead atoms. The summed E-state index contributed by atoms with van der Waals surface area (Å²) in [6.07, 6.45) is 2.82. The Kier molecular flexibility index (Phi) is 2.79. The standard InChI is InChI=1S/C10H19NO3/c11-9(1-5-13-6-2-9)10(12)3-7-14-8-4-10/h12H,1-8,11H2. The van der Waals surface area contributed by atoms with E-state index in [0.29, 0.717) is 39.3 Å². The number of hydrogen-bond acceptors (Lipinski definition) is 4. The van der Waals surface area contributed by atoms with Crippen molar-refractivity contribution in [3.8, 4) is 0 Å². The van der Waals surface area contributed by atoms with Crippen LogP contribution in [0.4, 0.5) is 0 Å². The maximum absolute atomic E-state index is 10.5. The van der Waals surface area contributed by atoms with Crippen LogP contribution < -0.4 is 5.73 Å². The molecule has 14 heavy (non-hydrogen) atoms. The molecule has 2 aliphatic heterocycles. The van der Waals surface area contributed by atoms with E-state index in [1.54, 1.807) is 0 Å². The van der Waals surface area contributed by atoms with E-state index in [1.807, 2.05) is 0 Å². The maximum Gasteiger partial charge on any atom is 0.0871 e. The van der Waals surface area contributed by atoms with Gasteiger partial charge in [-0.15, -0.1) is 0 Å². The number of nitrogens with two attached hydrogens (primary N) is 1. The predicted molar refractivity (Wildman–Crippen MR) is 52.0 cm³/mol. The molecule has 2 rings (SSSR count). The van der Waals surface area contributed by atoms with Gasteiger partial charge in [0.15, 0.2) is 0 Å². The van der Waals surface area contributed by atoms with E-state index in [4.69, 9.17) is 15.2 Å². The van der Waals surface area contributed by atoms with Crippen LogP contribution in [0.15, 0.2) is 0 Å². The highest BCUT2D eigenvalue weighted by Crippen LogP contribution is 2.36. The Morgan fingerprint density at radius 2 is 1.29 bits per heavy atom. The van der Waals surface area contributed by atoms with Crippen LogP contribution >= 0.6 is 0 Å². The molecule has 3 N–H and O–H groups in total. The minimum absolute atomic E-state index is 0.463. The van der Waals surface area contributed by atoms with E-state index in [9.17, 15) is 5.11 Å². The van der Waals surface area contributed by atoms with Crippen molar-refractivity contribution in [1.82, 2.24) is 0 Å². The molecule has 2 aliphatic rings. The lowest BCUT2D eigenvalue weighted by Gasteiger charge is -2.48. The summed E-state index contributed by atoms with van der Waals surface area (Å²) < 4.78 is 10.5. The molecule has 0 aromatic heterocycles. The monoisotopic (exact) mass is 201 g/mol. The fourth-order valence-corrected chi connectivity index (χ4v) is 2.41. The molecular weight excluding hydrogens is 182 g/mol. The first kappa shape index (κ1) is 10.4. The van der Waals surface area contributed by atoms with Gasteiger partial charge in [-0.3, -0.25) is 0 Å². The number of ether oxygens (including phenoxy) is 2. The molecule has 0 saturated carbocycles. The van der Waals surface area contributed by atoms with Crippen molar-refractivity contribution in [3.63, 3.8) is 0 Å². The van der Waals surface area contributed by atoms with Crippen molar-refractivity contribution < 1.29 is 14.6 Å². The number of rotatable bonds is 1. The van der Waals surface area contributed by atoms with Crippen LogP contribution in [0, 0.1) is 0 Å². The molecule has 0 aromatic rings. The van der Waals surface area contributed by atoms with Crippen molar-refractivity contribution in [1.29, 1.82) is 0 Å².